The molecule has 26 heavy (non-hydrogen) atoms. The first kappa shape index (κ1) is 17.2. The fourth-order valence-electron chi connectivity index (χ4n) is 2.59. The molecule has 0 atom stereocenters. The van der Waals surface area contributed by atoms with Gasteiger partial charge < -0.3 is 4.98 Å². The first-order chi connectivity index (χ1) is 12.4. The van der Waals surface area contributed by atoms with Crippen LogP contribution in [-0.2, 0) is 0 Å². The van der Waals surface area contributed by atoms with Gasteiger partial charge >= 0.3 is 0 Å². The van der Waals surface area contributed by atoms with Gasteiger partial charge in [0.2, 0.25) is 0 Å². The van der Waals surface area contributed by atoms with Gasteiger partial charge in [0.05, 0.1) is 4.92 Å². The standard InChI is InChI=1S/C18H16N4O4/c1-10-11(2)19-16-8-5-13(9-15(10)16)18(24)21-20-17(23)12-3-6-14(7-4-12)22(25)26/h3-9,19H,1-2H3,(H,20,23)(H,21,24). The van der Waals surface area contributed by atoms with E-state index >= 15 is 0 Å². The van der Waals surface area contributed by atoms with Crippen molar-refractivity contribution in [3.8, 4) is 0 Å². The van der Waals surface area contributed by atoms with Gasteiger partial charge in [0, 0.05) is 39.9 Å². The molecule has 1 aromatic heterocycles. The lowest BCUT2D eigenvalue weighted by Gasteiger charge is -2.07. The van der Waals surface area contributed by atoms with Gasteiger partial charge in [-0.15, -0.1) is 0 Å². The van der Waals surface area contributed by atoms with E-state index in [1.807, 2.05) is 19.9 Å². The van der Waals surface area contributed by atoms with E-state index in [1.54, 1.807) is 12.1 Å². The third kappa shape index (κ3) is 3.25. The number of rotatable bonds is 3. The highest BCUT2D eigenvalue weighted by Crippen LogP contribution is 2.22. The number of nitro benzene ring substituents is 1. The topological polar surface area (TPSA) is 117 Å². The zero-order valence-corrected chi connectivity index (χ0v) is 14.1. The molecule has 1 heterocycles. The van der Waals surface area contributed by atoms with Crippen LogP contribution < -0.4 is 10.9 Å². The minimum absolute atomic E-state index is 0.115. The Balaban J connectivity index is 1.69. The zero-order valence-electron chi connectivity index (χ0n) is 14.1. The lowest BCUT2D eigenvalue weighted by molar-refractivity contribution is -0.384. The van der Waals surface area contributed by atoms with Crippen molar-refractivity contribution in [3.05, 3.63) is 75.0 Å². The monoisotopic (exact) mass is 352 g/mol. The minimum Gasteiger partial charge on any atom is -0.358 e. The molecule has 0 bridgehead atoms. The summed E-state index contributed by atoms with van der Waals surface area (Å²) in [4.78, 5) is 37.6. The Labute approximate surface area is 148 Å². The van der Waals surface area contributed by atoms with Gasteiger partial charge in [0.25, 0.3) is 17.5 Å². The molecule has 0 spiro atoms. The molecule has 0 radical (unpaired) electrons. The molecule has 2 aromatic carbocycles. The first-order valence-corrected chi connectivity index (χ1v) is 7.81. The predicted molar refractivity (Wildman–Crippen MR) is 95.8 cm³/mol. The fraction of sp³-hybridized carbons (Fsp3) is 0.111. The van der Waals surface area contributed by atoms with E-state index in [4.69, 9.17) is 0 Å². The molecule has 0 aliphatic rings. The van der Waals surface area contributed by atoms with E-state index in [9.17, 15) is 19.7 Å². The molecule has 2 amide bonds. The van der Waals surface area contributed by atoms with Gasteiger partial charge in [-0.25, -0.2) is 0 Å². The molecule has 0 aliphatic heterocycles. The molecule has 0 fully saturated rings. The van der Waals surface area contributed by atoms with E-state index in [0.29, 0.717) is 5.56 Å². The van der Waals surface area contributed by atoms with Gasteiger partial charge in [-0.2, -0.15) is 0 Å². The highest BCUT2D eigenvalue weighted by Gasteiger charge is 2.13. The molecule has 132 valence electrons. The number of fused-ring (bicyclic) bond motifs is 1. The number of carbonyl (C=O) groups is 2. The Morgan fingerprint density at radius 3 is 2.15 bits per heavy atom. The van der Waals surface area contributed by atoms with Crippen LogP contribution in [0.2, 0.25) is 0 Å². The van der Waals surface area contributed by atoms with E-state index in [-0.39, 0.29) is 11.3 Å². The van der Waals surface area contributed by atoms with Crippen LogP contribution in [0, 0.1) is 24.0 Å². The number of nitrogens with one attached hydrogen (secondary N) is 3. The SMILES string of the molecule is Cc1[nH]c2ccc(C(=O)NNC(=O)c3ccc([N+](=O)[O-])cc3)cc2c1C. The Morgan fingerprint density at radius 2 is 1.54 bits per heavy atom. The van der Waals surface area contributed by atoms with Gasteiger partial charge in [-0.3, -0.25) is 30.6 Å². The maximum atomic E-state index is 12.3. The third-order valence-corrected chi connectivity index (χ3v) is 4.20. The van der Waals surface area contributed by atoms with Crippen LogP contribution in [0.25, 0.3) is 10.9 Å². The quantitative estimate of drug-likeness (QED) is 0.496. The molecular formula is C18H16N4O4. The number of non-ortho nitro benzene ring substituents is 1. The van der Waals surface area contributed by atoms with E-state index < -0.39 is 16.7 Å². The number of hydrogen-bond donors (Lipinski definition) is 3. The number of hydrazine groups is 1. The lowest BCUT2D eigenvalue weighted by atomic mass is 10.1. The van der Waals surface area contributed by atoms with Crippen molar-refractivity contribution < 1.29 is 14.5 Å². The number of hydrogen-bond acceptors (Lipinski definition) is 4. The molecule has 0 saturated carbocycles. The number of nitro groups is 1. The van der Waals surface area contributed by atoms with Crippen molar-refractivity contribution in [3.63, 3.8) is 0 Å². The Hall–Kier alpha value is -3.68. The second-order valence-electron chi connectivity index (χ2n) is 5.85. The average molecular weight is 352 g/mol. The second kappa shape index (κ2) is 6.67. The van der Waals surface area contributed by atoms with Crippen molar-refractivity contribution in [1.82, 2.24) is 15.8 Å². The largest absolute Gasteiger partial charge is 0.358 e. The van der Waals surface area contributed by atoms with Crippen LogP contribution >= 0.6 is 0 Å². The Kier molecular flexibility index (Phi) is 4.40. The number of H-pyrrole nitrogens is 1. The maximum absolute atomic E-state index is 12.3. The highest BCUT2D eigenvalue weighted by atomic mass is 16.6. The summed E-state index contributed by atoms with van der Waals surface area (Å²) in [5.41, 5.74) is 8.16. The number of aromatic nitrogens is 1. The Morgan fingerprint density at radius 1 is 0.962 bits per heavy atom. The number of aromatic amines is 1. The maximum Gasteiger partial charge on any atom is 0.269 e. The third-order valence-electron chi connectivity index (χ3n) is 4.20. The number of carbonyl (C=O) groups excluding carboxylic acids is 2. The lowest BCUT2D eigenvalue weighted by Crippen LogP contribution is -2.41. The zero-order chi connectivity index (χ0) is 18.8. The summed E-state index contributed by atoms with van der Waals surface area (Å²) in [7, 11) is 0. The van der Waals surface area contributed by atoms with E-state index in [2.05, 4.69) is 15.8 Å². The van der Waals surface area contributed by atoms with Crippen LogP contribution in [0.3, 0.4) is 0 Å². The summed E-state index contributed by atoms with van der Waals surface area (Å²) in [6.45, 7) is 3.92. The van der Waals surface area contributed by atoms with Crippen molar-refractivity contribution in [2.24, 2.45) is 0 Å². The van der Waals surface area contributed by atoms with Gasteiger partial charge in [0.15, 0.2) is 0 Å². The summed E-state index contributed by atoms with van der Waals surface area (Å²) in [5.74, 6) is -1.02. The molecule has 8 nitrogen and oxygen atoms in total. The molecule has 3 rings (SSSR count). The smallest absolute Gasteiger partial charge is 0.269 e. The molecule has 0 aliphatic carbocycles. The molecule has 3 N–H and O–H groups in total. The van der Waals surface area contributed by atoms with Crippen LogP contribution in [0.15, 0.2) is 42.5 Å². The van der Waals surface area contributed by atoms with Crippen LogP contribution in [-0.4, -0.2) is 21.7 Å². The molecule has 3 aromatic rings. The number of nitrogens with zero attached hydrogens (tertiary/aromatic N) is 1. The van der Waals surface area contributed by atoms with E-state index in [1.165, 1.54) is 24.3 Å². The van der Waals surface area contributed by atoms with Gasteiger partial charge in [0.1, 0.15) is 0 Å². The second-order valence-corrected chi connectivity index (χ2v) is 5.85. The van der Waals surface area contributed by atoms with Crippen LogP contribution in [0.5, 0.6) is 0 Å². The van der Waals surface area contributed by atoms with E-state index in [0.717, 1.165) is 22.2 Å². The predicted octanol–water partition coefficient (Wildman–Crippen LogP) is 2.77. The minimum atomic E-state index is -0.567. The van der Waals surface area contributed by atoms with Crippen molar-refractivity contribution in [2.75, 3.05) is 0 Å². The summed E-state index contributed by atoms with van der Waals surface area (Å²) in [6, 6.07) is 10.3. The number of aryl methyl sites for hydroxylation is 2. The first-order valence-electron chi connectivity index (χ1n) is 7.81. The van der Waals surface area contributed by atoms with Gasteiger partial charge in [-0.1, -0.05) is 0 Å². The van der Waals surface area contributed by atoms with Crippen molar-refractivity contribution in [2.45, 2.75) is 13.8 Å². The molecule has 8 heteroatoms. The molecule has 0 saturated heterocycles. The summed E-state index contributed by atoms with van der Waals surface area (Å²) >= 11 is 0. The number of benzene rings is 2. The van der Waals surface area contributed by atoms with Gasteiger partial charge in [-0.05, 0) is 49.7 Å². The van der Waals surface area contributed by atoms with Crippen LogP contribution in [0.4, 0.5) is 5.69 Å². The summed E-state index contributed by atoms with van der Waals surface area (Å²) < 4.78 is 0. The van der Waals surface area contributed by atoms with Crippen molar-refractivity contribution in [1.29, 1.82) is 0 Å². The number of amides is 2. The summed E-state index contributed by atoms with van der Waals surface area (Å²) in [5, 5.41) is 11.6. The normalized spacial score (nSPS) is 10.5. The summed E-state index contributed by atoms with van der Waals surface area (Å²) in [6.07, 6.45) is 0. The molecular weight excluding hydrogens is 336 g/mol. The Bertz CT molecular complexity index is 1020. The van der Waals surface area contributed by atoms with Crippen LogP contribution in [0.1, 0.15) is 32.0 Å². The molecule has 0 unspecified atom stereocenters. The van der Waals surface area contributed by atoms with Crippen molar-refractivity contribution >= 4 is 28.4 Å². The average Bonchev–Trinajstić information content (AvgIpc) is 2.93. The highest BCUT2D eigenvalue weighted by molar-refractivity contribution is 6.01. The fourth-order valence-corrected chi connectivity index (χ4v) is 2.59.